The van der Waals surface area contributed by atoms with E-state index < -0.39 is 60.4 Å². The van der Waals surface area contributed by atoms with Gasteiger partial charge in [-0.3, -0.25) is 24.0 Å². The van der Waals surface area contributed by atoms with E-state index in [1.807, 2.05) is 0 Å². The van der Waals surface area contributed by atoms with E-state index in [4.69, 9.17) is 10.8 Å². The molecular formula is C17H27N7O7. The zero-order valence-electron chi connectivity index (χ0n) is 17.0. The molecule has 9 N–H and O–H groups in total. The number of carboxylic acids is 1. The summed E-state index contributed by atoms with van der Waals surface area (Å²) in [5.74, 6) is -4.29. The lowest BCUT2D eigenvalue weighted by atomic mass is 10.1. The van der Waals surface area contributed by atoms with Gasteiger partial charge in [0.2, 0.25) is 23.6 Å². The molecule has 4 amide bonds. The van der Waals surface area contributed by atoms with Gasteiger partial charge in [-0.2, -0.15) is 0 Å². The maximum Gasteiger partial charge on any atom is 0.325 e. The molecule has 0 saturated carbocycles. The number of aliphatic hydroxyl groups excluding tert-OH is 1. The van der Waals surface area contributed by atoms with Gasteiger partial charge in [0, 0.05) is 18.3 Å². The van der Waals surface area contributed by atoms with Gasteiger partial charge >= 0.3 is 5.97 Å². The Bertz CT molecular complexity index is 784. The highest BCUT2D eigenvalue weighted by atomic mass is 16.4. The summed E-state index contributed by atoms with van der Waals surface area (Å²) < 4.78 is 0. The second-order valence-electron chi connectivity index (χ2n) is 6.65. The Morgan fingerprint density at radius 3 is 2.13 bits per heavy atom. The molecule has 1 aromatic rings. The Kier molecular flexibility index (Phi) is 10.1. The van der Waals surface area contributed by atoms with Gasteiger partial charge in [-0.05, 0) is 13.8 Å². The van der Waals surface area contributed by atoms with Crippen molar-refractivity contribution in [2.24, 2.45) is 5.73 Å². The van der Waals surface area contributed by atoms with Crippen LogP contribution in [0.15, 0.2) is 12.5 Å². The fourth-order valence-corrected chi connectivity index (χ4v) is 2.33. The molecule has 4 atom stereocenters. The number of carboxylic acid groups (broad SMARTS) is 1. The first kappa shape index (κ1) is 25.5. The molecular weight excluding hydrogens is 414 g/mol. The molecule has 172 valence electrons. The normalized spacial score (nSPS) is 14.5. The van der Waals surface area contributed by atoms with Gasteiger partial charge in [0.05, 0.1) is 19.5 Å². The number of imidazole rings is 1. The molecule has 1 aromatic heterocycles. The van der Waals surface area contributed by atoms with Crippen LogP contribution in [-0.4, -0.2) is 87.1 Å². The fourth-order valence-electron chi connectivity index (χ4n) is 2.33. The highest BCUT2D eigenvalue weighted by molar-refractivity contribution is 5.95. The third-order valence-corrected chi connectivity index (χ3v) is 4.11. The van der Waals surface area contributed by atoms with Crippen LogP contribution >= 0.6 is 0 Å². The van der Waals surface area contributed by atoms with Crippen LogP contribution in [0.25, 0.3) is 0 Å². The molecule has 14 heteroatoms. The minimum atomic E-state index is -1.45. The molecule has 0 fully saturated rings. The number of aromatic nitrogens is 2. The molecule has 1 rings (SSSR count). The number of rotatable bonds is 12. The highest BCUT2D eigenvalue weighted by Crippen LogP contribution is 2.01. The molecule has 0 aromatic carbocycles. The maximum absolute atomic E-state index is 12.7. The summed E-state index contributed by atoms with van der Waals surface area (Å²) in [7, 11) is 0. The summed E-state index contributed by atoms with van der Waals surface area (Å²) >= 11 is 0. The number of aromatic amines is 1. The zero-order chi connectivity index (χ0) is 23.6. The van der Waals surface area contributed by atoms with Crippen molar-refractivity contribution in [2.45, 2.75) is 44.4 Å². The first-order chi connectivity index (χ1) is 14.6. The van der Waals surface area contributed by atoms with E-state index in [1.165, 1.54) is 26.4 Å². The molecule has 0 bridgehead atoms. The van der Waals surface area contributed by atoms with Crippen molar-refractivity contribution in [3.05, 3.63) is 18.2 Å². The molecule has 0 aliphatic heterocycles. The summed E-state index contributed by atoms with van der Waals surface area (Å²) in [5, 5.41) is 27.5. The van der Waals surface area contributed by atoms with Crippen LogP contribution in [0.4, 0.5) is 0 Å². The number of amides is 4. The number of nitrogens with one attached hydrogen (secondary N) is 5. The highest BCUT2D eigenvalue weighted by Gasteiger charge is 2.29. The van der Waals surface area contributed by atoms with Crippen LogP contribution in [0.5, 0.6) is 0 Å². The average molecular weight is 441 g/mol. The van der Waals surface area contributed by atoms with Gasteiger partial charge in [0.25, 0.3) is 0 Å². The second kappa shape index (κ2) is 12.2. The molecule has 1 heterocycles. The molecule has 0 radical (unpaired) electrons. The van der Waals surface area contributed by atoms with Crippen LogP contribution in [-0.2, 0) is 30.4 Å². The molecule has 0 unspecified atom stereocenters. The van der Waals surface area contributed by atoms with Crippen molar-refractivity contribution in [2.75, 3.05) is 13.2 Å². The Morgan fingerprint density at radius 1 is 1.00 bits per heavy atom. The van der Waals surface area contributed by atoms with E-state index in [-0.39, 0.29) is 13.0 Å². The largest absolute Gasteiger partial charge is 0.480 e. The summed E-state index contributed by atoms with van der Waals surface area (Å²) in [6, 6.07) is -4.90. The maximum atomic E-state index is 12.7. The Labute approximate surface area is 177 Å². The predicted octanol–water partition coefficient (Wildman–Crippen LogP) is -4.03. The third-order valence-electron chi connectivity index (χ3n) is 4.11. The number of hydrogen-bond donors (Lipinski definition) is 8. The number of carbonyl (C=O) groups excluding carboxylic acids is 4. The van der Waals surface area contributed by atoms with Crippen molar-refractivity contribution in [1.29, 1.82) is 0 Å². The number of aliphatic hydroxyl groups is 1. The lowest BCUT2D eigenvalue weighted by molar-refractivity contribution is -0.142. The first-order valence-electron chi connectivity index (χ1n) is 9.30. The van der Waals surface area contributed by atoms with Gasteiger partial charge in [0.1, 0.15) is 24.2 Å². The lowest BCUT2D eigenvalue weighted by Gasteiger charge is -2.23. The minimum absolute atomic E-state index is 0.0412. The Balaban J connectivity index is 2.89. The molecule has 0 aliphatic carbocycles. The van der Waals surface area contributed by atoms with Crippen LogP contribution in [0, 0.1) is 0 Å². The van der Waals surface area contributed by atoms with Crippen molar-refractivity contribution >= 4 is 29.6 Å². The van der Waals surface area contributed by atoms with Crippen LogP contribution < -0.4 is 27.0 Å². The number of aliphatic carboxylic acids is 1. The number of carbonyl (C=O) groups is 5. The minimum Gasteiger partial charge on any atom is -0.480 e. The van der Waals surface area contributed by atoms with Crippen molar-refractivity contribution in [3.8, 4) is 0 Å². The molecule has 0 saturated heterocycles. The predicted molar refractivity (Wildman–Crippen MR) is 105 cm³/mol. The number of nitrogens with zero attached hydrogens (tertiary/aromatic N) is 1. The summed E-state index contributed by atoms with van der Waals surface area (Å²) in [6.45, 7) is 1.48. The van der Waals surface area contributed by atoms with Crippen molar-refractivity contribution in [1.82, 2.24) is 31.2 Å². The second-order valence-corrected chi connectivity index (χ2v) is 6.65. The van der Waals surface area contributed by atoms with Crippen LogP contribution in [0.3, 0.4) is 0 Å². The molecule has 14 nitrogen and oxygen atoms in total. The smallest absolute Gasteiger partial charge is 0.325 e. The third kappa shape index (κ3) is 8.39. The van der Waals surface area contributed by atoms with Gasteiger partial charge in [-0.25, -0.2) is 4.98 Å². The number of hydrogen-bond acceptors (Lipinski definition) is 8. The molecule has 31 heavy (non-hydrogen) atoms. The molecule has 0 aliphatic rings. The van der Waals surface area contributed by atoms with Crippen molar-refractivity contribution in [3.63, 3.8) is 0 Å². The van der Waals surface area contributed by atoms with Gasteiger partial charge in [0.15, 0.2) is 0 Å². The standard InChI is InChI=1S/C17H27N7O7/c1-8(21-13(26)4-18)14(27)23-11(3-10-5-19-7-20-10)15(28)24-12(6-25)16(29)22-9(2)17(30)31/h5,7-9,11-12,25H,3-4,6,18H2,1-2H3,(H,19,20)(H,21,26)(H,22,29)(H,23,27)(H,24,28)(H,30,31)/t8-,9-,11-,12-/m0/s1. The van der Waals surface area contributed by atoms with Crippen molar-refractivity contribution < 1.29 is 34.2 Å². The van der Waals surface area contributed by atoms with E-state index in [9.17, 15) is 29.1 Å². The Hall–Kier alpha value is -3.52. The lowest BCUT2D eigenvalue weighted by Crippen LogP contribution is -2.58. The number of nitrogens with two attached hydrogens (primary N) is 1. The topological polar surface area (TPSA) is 229 Å². The quantitative estimate of drug-likeness (QED) is 0.158. The summed E-state index contributed by atoms with van der Waals surface area (Å²) in [5.41, 5.74) is 5.68. The monoisotopic (exact) mass is 441 g/mol. The van der Waals surface area contributed by atoms with Gasteiger partial charge < -0.3 is 42.2 Å². The molecule has 0 spiro atoms. The summed E-state index contributed by atoms with van der Waals surface area (Å²) in [6.07, 6.45) is 2.75. The van der Waals surface area contributed by atoms with E-state index in [0.717, 1.165) is 0 Å². The van der Waals surface area contributed by atoms with E-state index >= 15 is 0 Å². The first-order valence-corrected chi connectivity index (χ1v) is 9.30. The summed E-state index contributed by atoms with van der Waals surface area (Å²) in [4.78, 5) is 66.1. The van der Waals surface area contributed by atoms with Gasteiger partial charge in [-0.1, -0.05) is 0 Å². The fraction of sp³-hybridized carbons (Fsp3) is 0.529. The van der Waals surface area contributed by atoms with E-state index in [0.29, 0.717) is 5.69 Å². The van der Waals surface area contributed by atoms with E-state index in [1.54, 1.807) is 0 Å². The SMILES string of the molecule is C[C@H](NC(=O)[C@H](CO)NC(=O)[C@H](Cc1cnc[nH]1)NC(=O)[C@H](C)NC(=O)CN)C(=O)O. The zero-order valence-corrected chi connectivity index (χ0v) is 17.0. The van der Waals surface area contributed by atoms with Crippen LogP contribution in [0.1, 0.15) is 19.5 Å². The van der Waals surface area contributed by atoms with Crippen LogP contribution in [0.2, 0.25) is 0 Å². The average Bonchev–Trinajstić information content (AvgIpc) is 3.23. The van der Waals surface area contributed by atoms with E-state index in [2.05, 4.69) is 31.2 Å². The number of H-pyrrole nitrogens is 1. The Morgan fingerprint density at radius 2 is 1.61 bits per heavy atom. The van der Waals surface area contributed by atoms with Gasteiger partial charge in [-0.15, -0.1) is 0 Å².